The van der Waals surface area contributed by atoms with Crippen LogP contribution in [0, 0.1) is 0 Å². The Bertz CT molecular complexity index is 892. The van der Waals surface area contributed by atoms with Gasteiger partial charge in [0.25, 0.3) is 0 Å². The molecule has 0 saturated carbocycles. The molecule has 0 aliphatic carbocycles. The Labute approximate surface area is 161 Å². The zero-order chi connectivity index (χ0) is 19.2. The molecule has 4 heteroatoms. The molecule has 0 amide bonds. The summed E-state index contributed by atoms with van der Waals surface area (Å²) >= 11 is 0. The molecule has 0 bridgehead atoms. The summed E-state index contributed by atoms with van der Waals surface area (Å²) < 4.78 is 11.8. The van der Waals surface area contributed by atoms with E-state index in [4.69, 9.17) is 9.15 Å². The topological polar surface area (TPSA) is 28.9 Å². The molecule has 0 spiro atoms. The summed E-state index contributed by atoms with van der Waals surface area (Å²) in [6.07, 6.45) is 5.07. The second kappa shape index (κ2) is 8.78. The second-order valence-electron chi connectivity index (χ2n) is 7.17. The van der Waals surface area contributed by atoms with E-state index in [0.717, 1.165) is 41.0 Å². The normalized spacial score (nSPS) is 11.6. The van der Waals surface area contributed by atoms with Gasteiger partial charge in [-0.1, -0.05) is 18.2 Å². The van der Waals surface area contributed by atoms with E-state index < -0.39 is 0 Å². The third kappa shape index (κ3) is 5.38. The summed E-state index contributed by atoms with van der Waals surface area (Å²) in [7, 11) is 8.22. The fraction of sp³-hybridized carbons (Fsp3) is 0.304. The highest BCUT2D eigenvalue weighted by atomic mass is 16.5. The molecule has 0 unspecified atom stereocenters. The number of nitrogens with zero attached hydrogens (tertiary/aromatic N) is 2. The summed E-state index contributed by atoms with van der Waals surface area (Å²) in [5.74, 6) is 1.69. The average Bonchev–Trinajstić information content (AvgIpc) is 3.06. The zero-order valence-electron chi connectivity index (χ0n) is 16.6. The van der Waals surface area contributed by atoms with Gasteiger partial charge < -0.3 is 19.0 Å². The van der Waals surface area contributed by atoms with Crippen molar-refractivity contribution in [3.05, 3.63) is 59.9 Å². The molecule has 1 aromatic heterocycles. The maximum absolute atomic E-state index is 5.95. The number of furan rings is 1. The van der Waals surface area contributed by atoms with Crippen molar-refractivity contribution in [1.29, 1.82) is 0 Å². The summed E-state index contributed by atoms with van der Waals surface area (Å²) in [6, 6.07) is 16.5. The van der Waals surface area contributed by atoms with Gasteiger partial charge in [0.2, 0.25) is 0 Å². The third-order valence-corrected chi connectivity index (χ3v) is 4.38. The van der Waals surface area contributed by atoms with Gasteiger partial charge in [-0.25, -0.2) is 0 Å². The first-order valence-corrected chi connectivity index (χ1v) is 9.28. The number of hydrogen-bond donors (Lipinski definition) is 0. The van der Waals surface area contributed by atoms with Gasteiger partial charge in [0.15, 0.2) is 0 Å². The average molecular weight is 364 g/mol. The molecular formula is C23H28N2O2. The smallest absolute Gasteiger partial charge is 0.138 e. The van der Waals surface area contributed by atoms with Gasteiger partial charge in [0.1, 0.15) is 17.1 Å². The van der Waals surface area contributed by atoms with Crippen molar-refractivity contribution in [3.8, 4) is 5.75 Å². The molecule has 0 saturated heterocycles. The molecule has 1 heterocycles. The molecular weight excluding hydrogens is 336 g/mol. The summed E-state index contributed by atoms with van der Waals surface area (Å²) in [6.45, 7) is 1.73. The molecule has 0 radical (unpaired) electrons. The maximum atomic E-state index is 5.95. The molecule has 27 heavy (non-hydrogen) atoms. The van der Waals surface area contributed by atoms with Crippen LogP contribution >= 0.6 is 0 Å². The summed E-state index contributed by atoms with van der Waals surface area (Å²) in [4.78, 5) is 4.25. The highest BCUT2D eigenvalue weighted by molar-refractivity contribution is 5.83. The first-order valence-electron chi connectivity index (χ1n) is 9.28. The monoisotopic (exact) mass is 364 g/mol. The Morgan fingerprint density at radius 1 is 0.926 bits per heavy atom. The van der Waals surface area contributed by atoms with E-state index >= 15 is 0 Å². The predicted molar refractivity (Wildman–Crippen MR) is 115 cm³/mol. The first-order chi connectivity index (χ1) is 13.0. The quantitative estimate of drug-likeness (QED) is 0.526. The molecule has 3 aromatic rings. The molecule has 0 aliphatic rings. The number of fused-ring (bicyclic) bond motifs is 1. The lowest BCUT2D eigenvalue weighted by molar-refractivity contribution is 0.281. The van der Waals surface area contributed by atoms with Crippen molar-refractivity contribution in [2.75, 3.05) is 46.2 Å². The van der Waals surface area contributed by atoms with Gasteiger partial charge in [-0.2, -0.15) is 0 Å². The van der Waals surface area contributed by atoms with E-state index in [2.05, 4.69) is 60.3 Å². The third-order valence-electron chi connectivity index (χ3n) is 4.38. The Kier molecular flexibility index (Phi) is 6.20. The van der Waals surface area contributed by atoms with Gasteiger partial charge >= 0.3 is 0 Å². The fourth-order valence-electron chi connectivity index (χ4n) is 2.84. The van der Waals surface area contributed by atoms with Gasteiger partial charge in [0, 0.05) is 37.8 Å². The molecule has 0 fully saturated rings. The fourth-order valence-corrected chi connectivity index (χ4v) is 2.84. The van der Waals surface area contributed by atoms with Crippen LogP contribution in [0.1, 0.15) is 17.7 Å². The van der Waals surface area contributed by atoms with Crippen molar-refractivity contribution >= 4 is 28.8 Å². The van der Waals surface area contributed by atoms with E-state index in [1.807, 2.05) is 38.4 Å². The number of rotatable bonds is 8. The Balaban J connectivity index is 1.65. The Hall–Kier alpha value is -2.72. The number of hydrogen-bond acceptors (Lipinski definition) is 4. The summed E-state index contributed by atoms with van der Waals surface area (Å²) in [5.41, 5.74) is 3.18. The van der Waals surface area contributed by atoms with Crippen molar-refractivity contribution in [2.45, 2.75) is 6.42 Å². The second-order valence-corrected chi connectivity index (χ2v) is 7.17. The number of ether oxygens (including phenoxy) is 1. The van der Waals surface area contributed by atoms with Gasteiger partial charge in [-0.15, -0.1) is 0 Å². The lowest BCUT2D eigenvalue weighted by Crippen LogP contribution is -2.15. The van der Waals surface area contributed by atoms with Crippen molar-refractivity contribution in [3.63, 3.8) is 0 Å². The van der Waals surface area contributed by atoms with Crippen LogP contribution in [0.15, 0.2) is 52.9 Å². The SMILES string of the molecule is CN(C)CCCOc1ccc2cc(/C=C/c3ccc(N(C)C)cc3)oc2c1. The number of anilines is 1. The molecule has 0 aliphatic heterocycles. The van der Waals surface area contributed by atoms with E-state index in [1.165, 1.54) is 5.69 Å². The molecule has 142 valence electrons. The van der Waals surface area contributed by atoms with Gasteiger partial charge in [-0.05, 0) is 62.5 Å². The molecule has 0 N–H and O–H groups in total. The molecule has 3 rings (SSSR count). The molecule has 0 atom stereocenters. The van der Waals surface area contributed by atoms with E-state index in [9.17, 15) is 0 Å². The van der Waals surface area contributed by atoms with E-state index in [-0.39, 0.29) is 0 Å². The van der Waals surface area contributed by atoms with Crippen molar-refractivity contribution < 1.29 is 9.15 Å². The van der Waals surface area contributed by atoms with Crippen LogP contribution in [0.25, 0.3) is 23.1 Å². The van der Waals surface area contributed by atoms with Crippen LogP contribution in [-0.4, -0.2) is 46.2 Å². The zero-order valence-corrected chi connectivity index (χ0v) is 16.6. The Morgan fingerprint density at radius 3 is 2.41 bits per heavy atom. The lowest BCUT2D eigenvalue weighted by Gasteiger charge is -2.11. The van der Waals surface area contributed by atoms with Crippen molar-refractivity contribution in [1.82, 2.24) is 4.90 Å². The Morgan fingerprint density at radius 2 is 1.70 bits per heavy atom. The first kappa shape index (κ1) is 19.1. The lowest BCUT2D eigenvalue weighted by atomic mass is 10.1. The van der Waals surface area contributed by atoms with Crippen LogP contribution in [0.3, 0.4) is 0 Å². The van der Waals surface area contributed by atoms with Gasteiger partial charge in [0.05, 0.1) is 6.61 Å². The standard InChI is InChI=1S/C23H28N2O2/c1-24(2)14-5-15-26-21-13-9-19-16-22(27-23(19)17-21)12-8-18-6-10-20(11-7-18)25(3)4/h6-13,16-17H,5,14-15H2,1-4H3/b12-8+. The highest BCUT2D eigenvalue weighted by Crippen LogP contribution is 2.25. The maximum Gasteiger partial charge on any atom is 0.138 e. The van der Waals surface area contributed by atoms with Crippen LogP contribution in [-0.2, 0) is 0 Å². The minimum Gasteiger partial charge on any atom is -0.493 e. The highest BCUT2D eigenvalue weighted by Gasteiger charge is 2.04. The summed E-state index contributed by atoms with van der Waals surface area (Å²) in [5, 5.41) is 1.08. The van der Waals surface area contributed by atoms with E-state index in [1.54, 1.807) is 0 Å². The van der Waals surface area contributed by atoms with Crippen LogP contribution in [0.5, 0.6) is 5.75 Å². The van der Waals surface area contributed by atoms with Crippen molar-refractivity contribution in [2.24, 2.45) is 0 Å². The minimum atomic E-state index is 0.708. The van der Waals surface area contributed by atoms with Crippen LogP contribution in [0.4, 0.5) is 5.69 Å². The van der Waals surface area contributed by atoms with Crippen LogP contribution in [0.2, 0.25) is 0 Å². The van der Waals surface area contributed by atoms with Crippen LogP contribution < -0.4 is 9.64 Å². The predicted octanol–water partition coefficient (Wildman–Crippen LogP) is 5.00. The van der Waals surface area contributed by atoms with E-state index in [0.29, 0.717) is 6.61 Å². The molecule has 2 aromatic carbocycles. The largest absolute Gasteiger partial charge is 0.493 e. The van der Waals surface area contributed by atoms with Gasteiger partial charge in [-0.3, -0.25) is 0 Å². The molecule has 4 nitrogen and oxygen atoms in total. The minimum absolute atomic E-state index is 0.708. The number of benzene rings is 2.